The predicted molar refractivity (Wildman–Crippen MR) is 99.6 cm³/mol. The predicted octanol–water partition coefficient (Wildman–Crippen LogP) is 2.37. The van der Waals surface area contributed by atoms with Gasteiger partial charge in [-0.2, -0.15) is 0 Å². The molecule has 1 aliphatic rings. The van der Waals surface area contributed by atoms with E-state index in [0.29, 0.717) is 12.4 Å². The Hall–Kier alpha value is -2.86. The standard InChI is InChI=1S/C21H23NO5/c1-2-26-17-8-10-18(11-9-17)27-14-16(23)13-22-20(24)12-19(21(22)25)15-6-4-3-5-7-15/h3-11,16,19,23H,2,12-14H2,1H3. The number of aliphatic hydroxyl groups excluding tert-OH is 1. The second-order valence-corrected chi connectivity index (χ2v) is 6.38. The average Bonchev–Trinajstić information content (AvgIpc) is 2.96. The SMILES string of the molecule is CCOc1ccc(OCC(O)CN2C(=O)CC(c3ccccc3)C2=O)cc1. The number of rotatable bonds is 8. The highest BCUT2D eigenvalue weighted by molar-refractivity contribution is 6.06. The van der Waals surface area contributed by atoms with Crippen LogP contribution in [0.5, 0.6) is 11.5 Å². The first-order valence-electron chi connectivity index (χ1n) is 9.01. The number of amides is 2. The average molecular weight is 369 g/mol. The van der Waals surface area contributed by atoms with Crippen LogP contribution in [0.15, 0.2) is 54.6 Å². The molecule has 6 nitrogen and oxygen atoms in total. The summed E-state index contributed by atoms with van der Waals surface area (Å²) in [7, 11) is 0. The normalized spacial score (nSPS) is 17.9. The van der Waals surface area contributed by atoms with Crippen molar-refractivity contribution in [3.8, 4) is 11.5 Å². The van der Waals surface area contributed by atoms with Crippen molar-refractivity contribution in [2.45, 2.75) is 25.4 Å². The van der Waals surface area contributed by atoms with Crippen LogP contribution in [-0.2, 0) is 9.59 Å². The number of benzene rings is 2. The number of β-amino-alcohol motifs (C(OH)–C–C–N with tert-alkyl or cyclic N) is 1. The second kappa shape index (κ2) is 8.68. The number of carbonyl (C=O) groups excluding carboxylic acids is 2. The van der Waals surface area contributed by atoms with Crippen molar-refractivity contribution < 1.29 is 24.2 Å². The zero-order valence-electron chi connectivity index (χ0n) is 15.2. The van der Waals surface area contributed by atoms with Gasteiger partial charge in [-0.05, 0) is 36.8 Å². The van der Waals surface area contributed by atoms with Gasteiger partial charge in [-0.15, -0.1) is 0 Å². The zero-order valence-corrected chi connectivity index (χ0v) is 15.2. The summed E-state index contributed by atoms with van der Waals surface area (Å²) in [4.78, 5) is 25.9. The number of hydrogen-bond acceptors (Lipinski definition) is 5. The van der Waals surface area contributed by atoms with Crippen molar-refractivity contribution in [2.24, 2.45) is 0 Å². The Balaban J connectivity index is 1.53. The zero-order chi connectivity index (χ0) is 19.2. The lowest BCUT2D eigenvalue weighted by molar-refractivity contribution is -0.140. The fourth-order valence-corrected chi connectivity index (χ4v) is 3.08. The number of imide groups is 1. The van der Waals surface area contributed by atoms with E-state index in [9.17, 15) is 14.7 Å². The Labute approximate surface area is 158 Å². The van der Waals surface area contributed by atoms with Crippen LogP contribution in [0.25, 0.3) is 0 Å². The molecular formula is C21H23NO5. The maximum Gasteiger partial charge on any atom is 0.237 e. The molecule has 1 heterocycles. The van der Waals surface area contributed by atoms with Crippen molar-refractivity contribution in [2.75, 3.05) is 19.8 Å². The monoisotopic (exact) mass is 369 g/mol. The van der Waals surface area contributed by atoms with Crippen molar-refractivity contribution in [3.05, 3.63) is 60.2 Å². The summed E-state index contributed by atoms with van der Waals surface area (Å²) in [5.74, 6) is 0.308. The lowest BCUT2D eigenvalue weighted by Crippen LogP contribution is -2.39. The highest BCUT2D eigenvalue weighted by atomic mass is 16.5. The minimum absolute atomic E-state index is 0.0129. The van der Waals surface area contributed by atoms with Gasteiger partial charge in [-0.3, -0.25) is 14.5 Å². The van der Waals surface area contributed by atoms with Crippen LogP contribution in [-0.4, -0.2) is 47.7 Å². The molecule has 0 aliphatic carbocycles. The van der Waals surface area contributed by atoms with Crippen molar-refractivity contribution in [1.82, 2.24) is 4.90 Å². The Morgan fingerprint density at radius 3 is 2.30 bits per heavy atom. The summed E-state index contributed by atoms with van der Waals surface area (Å²) in [5.41, 5.74) is 0.818. The Morgan fingerprint density at radius 1 is 1.04 bits per heavy atom. The summed E-state index contributed by atoms with van der Waals surface area (Å²) in [6.45, 7) is 2.41. The van der Waals surface area contributed by atoms with Crippen LogP contribution >= 0.6 is 0 Å². The largest absolute Gasteiger partial charge is 0.494 e. The molecule has 0 bridgehead atoms. The summed E-state index contributed by atoms with van der Waals surface area (Å²) >= 11 is 0. The summed E-state index contributed by atoms with van der Waals surface area (Å²) in [6, 6.07) is 16.3. The number of hydrogen-bond donors (Lipinski definition) is 1. The van der Waals surface area contributed by atoms with Gasteiger partial charge in [0.2, 0.25) is 11.8 Å². The van der Waals surface area contributed by atoms with Gasteiger partial charge in [0.25, 0.3) is 0 Å². The van der Waals surface area contributed by atoms with Gasteiger partial charge in [0.05, 0.1) is 19.1 Å². The lowest BCUT2D eigenvalue weighted by Gasteiger charge is -2.19. The summed E-state index contributed by atoms with van der Waals surface area (Å²) in [5, 5.41) is 10.2. The fraction of sp³-hybridized carbons (Fsp3) is 0.333. The molecule has 3 rings (SSSR count). The third-order valence-corrected chi connectivity index (χ3v) is 4.42. The topological polar surface area (TPSA) is 76.1 Å². The van der Waals surface area contributed by atoms with Crippen LogP contribution in [0.1, 0.15) is 24.8 Å². The molecule has 0 saturated carbocycles. The summed E-state index contributed by atoms with van der Waals surface area (Å²) in [6.07, 6.45) is -0.825. The number of likely N-dealkylation sites (tertiary alicyclic amines) is 1. The highest BCUT2D eigenvalue weighted by Crippen LogP contribution is 2.29. The van der Waals surface area contributed by atoms with E-state index >= 15 is 0 Å². The quantitative estimate of drug-likeness (QED) is 0.723. The van der Waals surface area contributed by atoms with Gasteiger partial charge in [-0.1, -0.05) is 30.3 Å². The Bertz CT molecular complexity index is 775. The molecule has 2 aromatic carbocycles. The van der Waals surface area contributed by atoms with Gasteiger partial charge in [0.15, 0.2) is 0 Å². The highest BCUT2D eigenvalue weighted by Gasteiger charge is 2.40. The first-order chi connectivity index (χ1) is 13.1. The first-order valence-corrected chi connectivity index (χ1v) is 9.01. The number of aliphatic hydroxyl groups is 1. The molecule has 6 heteroatoms. The smallest absolute Gasteiger partial charge is 0.237 e. The van der Waals surface area contributed by atoms with Gasteiger partial charge >= 0.3 is 0 Å². The Kier molecular flexibility index (Phi) is 6.08. The van der Waals surface area contributed by atoms with Gasteiger partial charge in [0, 0.05) is 6.42 Å². The lowest BCUT2D eigenvalue weighted by atomic mass is 9.98. The van der Waals surface area contributed by atoms with E-state index in [1.165, 1.54) is 0 Å². The van der Waals surface area contributed by atoms with E-state index in [1.54, 1.807) is 24.3 Å². The minimum Gasteiger partial charge on any atom is -0.494 e. The molecule has 2 unspecified atom stereocenters. The number of carbonyl (C=O) groups is 2. The summed E-state index contributed by atoms with van der Waals surface area (Å²) < 4.78 is 10.9. The van der Waals surface area contributed by atoms with Crippen LogP contribution in [0, 0.1) is 0 Å². The maximum atomic E-state index is 12.6. The molecule has 142 valence electrons. The van der Waals surface area contributed by atoms with Crippen LogP contribution < -0.4 is 9.47 Å². The van der Waals surface area contributed by atoms with Gasteiger partial charge in [-0.25, -0.2) is 0 Å². The molecule has 1 N–H and O–H groups in total. The van der Waals surface area contributed by atoms with Crippen LogP contribution in [0.4, 0.5) is 0 Å². The van der Waals surface area contributed by atoms with E-state index in [4.69, 9.17) is 9.47 Å². The van der Waals surface area contributed by atoms with Crippen LogP contribution in [0.3, 0.4) is 0 Å². The van der Waals surface area contributed by atoms with E-state index in [-0.39, 0.29) is 31.4 Å². The first kappa shape index (κ1) is 18.9. The molecule has 1 saturated heterocycles. The van der Waals surface area contributed by atoms with Crippen molar-refractivity contribution >= 4 is 11.8 Å². The van der Waals surface area contributed by atoms with Gasteiger partial charge < -0.3 is 14.6 Å². The third-order valence-electron chi connectivity index (χ3n) is 4.42. The van der Waals surface area contributed by atoms with Crippen molar-refractivity contribution in [3.63, 3.8) is 0 Å². The minimum atomic E-state index is -0.959. The molecule has 27 heavy (non-hydrogen) atoms. The molecule has 0 spiro atoms. The molecule has 2 aromatic rings. The number of ether oxygens (including phenoxy) is 2. The van der Waals surface area contributed by atoms with Crippen molar-refractivity contribution in [1.29, 1.82) is 0 Å². The molecule has 2 atom stereocenters. The molecule has 1 aliphatic heterocycles. The molecule has 0 radical (unpaired) electrons. The van der Waals surface area contributed by atoms with E-state index in [1.807, 2.05) is 37.3 Å². The van der Waals surface area contributed by atoms with Crippen LogP contribution in [0.2, 0.25) is 0 Å². The fourth-order valence-electron chi connectivity index (χ4n) is 3.08. The van der Waals surface area contributed by atoms with E-state index in [2.05, 4.69) is 0 Å². The third kappa shape index (κ3) is 4.65. The molecule has 1 fully saturated rings. The van der Waals surface area contributed by atoms with E-state index in [0.717, 1.165) is 16.2 Å². The Morgan fingerprint density at radius 2 is 1.67 bits per heavy atom. The molecular weight excluding hydrogens is 346 g/mol. The van der Waals surface area contributed by atoms with Gasteiger partial charge in [0.1, 0.15) is 24.2 Å². The van der Waals surface area contributed by atoms with E-state index < -0.39 is 12.0 Å². The number of nitrogens with zero attached hydrogens (tertiary/aromatic N) is 1. The maximum absolute atomic E-state index is 12.6. The molecule has 2 amide bonds. The molecule has 0 aromatic heterocycles. The second-order valence-electron chi connectivity index (χ2n) is 6.38.